The van der Waals surface area contributed by atoms with Gasteiger partial charge < -0.3 is 14.8 Å². The minimum atomic E-state index is 0.546. The molecule has 0 spiro atoms. The maximum absolute atomic E-state index is 6.14. The van der Waals surface area contributed by atoms with Crippen LogP contribution < -0.4 is 14.8 Å². The lowest BCUT2D eigenvalue weighted by atomic mass is 10.1. The molecule has 0 amide bonds. The van der Waals surface area contributed by atoms with Gasteiger partial charge in [-0.3, -0.25) is 0 Å². The molecule has 5 heteroatoms. The second kappa shape index (κ2) is 7.61. The zero-order valence-electron chi connectivity index (χ0n) is 12.9. The number of aryl methyl sites for hydroxylation is 2. The van der Waals surface area contributed by atoms with Crippen molar-refractivity contribution < 1.29 is 9.47 Å². The van der Waals surface area contributed by atoms with Crippen molar-refractivity contribution in [2.75, 3.05) is 25.6 Å². The van der Waals surface area contributed by atoms with Gasteiger partial charge in [-0.2, -0.15) is 0 Å². The van der Waals surface area contributed by atoms with Crippen LogP contribution in [0.2, 0.25) is 10.0 Å². The van der Waals surface area contributed by atoms with Crippen LogP contribution in [-0.2, 0) is 0 Å². The Hall–Kier alpha value is -1.58. The van der Waals surface area contributed by atoms with Crippen molar-refractivity contribution in [3.8, 4) is 11.5 Å². The standard InChI is InChI=1S/C17H19Cl2NO2/c1-11-8-14(9-12(2)17(11)19)22-7-6-20-13-4-5-16(21-3)15(18)10-13/h4-5,8-10,20H,6-7H2,1-3H3. The highest BCUT2D eigenvalue weighted by Gasteiger charge is 2.04. The number of ether oxygens (including phenoxy) is 2. The van der Waals surface area contributed by atoms with Crippen LogP contribution in [0, 0.1) is 13.8 Å². The number of hydrogen-bond acceptors (Lipinski definition) is 3. The molecule has 0 saturated heterocycles. The third kappa shape index (κ3) is 4.21. The minimum Gasteiger partial charge on any atom is -0.495 e. The fourth-order valence-electron chi connectivity index (χ4n) is 2.13. The molecule has 118 valence electrons. The Kier molecular flexibility index (Phi) is 5.81. The van der Waals surface area contributed by atoms with Crippen LogP contribution in [0.3, 0.4) is 0 Å². The van der Waals surface area contributed by atoms with Gasteiger partial charge in [0.1, 0.15) is 18.1 Å². The number of nitrogens with one attached hydrogen (secondary N) is 1. The molecule has 1 N–H and O–H groups in total. The van der Waals surface area contributed by atoms with Crippen LogP contribution >= 0.6 is 23.2 Å². The molecular weight excluding hydrogens is 321 g/mol. The van der Waals surface area contributed by atoms with E-state index in [1.807, 2.05) is 44.2 Å². The molecule has 2 aromatic carbocycles. The van der Waals surface area contributed by atoms with Gasteiger partial charge in [-0.1, -0.05) is 23.2 Å². The van der Waals surface area contributed by atoms with E-state index in [0.29, 0.717) is 23.9 Å². The Morgan fingerprint density at radius 3 is 2.32 bits per heavy atom. The largest absolute Gasteiger partial charge is 0.495 e. The van der Waals surface area contributed by atoms with E-state index in [4.69, 9.17) is 32.7 Å². The van der Waals surface area contributed by atoms with E-state index in [-0.39, 0.29) is 0 Å². The van der Waals surface area contributed by atoms with Crippen LogP contribution in [0.5, 0.6) is 11.5 Å². The molecule has 0 aliphatic heterocycles. The Morgan fingerprint density at radius 2 is 1.73 bits per heavy atom. The molecule has 2 aromatic rings. The number of methoxy groups -OCH3 is 1. The maximum Gasteiger partial charge on any atom is 0.137 e. The summed E-state index contributed by atoms with van der Waals surface area (Å²) in [6.07, 6.45) is 0. The third-order valence-electron chi connectivity index (χ3n) is 3.26. The van der Waals surface area contributed by atoms with E-state index >= 15 is 0 Å². The Morgan fingerprint density at radius 1 is 1.05 bits per heavy atom. The van der Waals surface area contributed by atoms with Crippen LogP contribution in [0.25, 0.3) is 0 Å². The number of hydrogen-bond donors (Lipinski definition) is 1. The summed E-state index contributed by atoms with van der Waals surface area (Å²) in [7, 11) is 1.60. The third-order valence-corrected chi connectivity index (χ3v) is 4.15. The predicted octanol–water partition coefficient (Wildman–Crippen LogP) is 5.11. The summed E-state index contributed by atoms with van der Waals surface area (Å²) in [4.78, 5) is 0. The van der Waals surface area contributed by atoms with Gasteiger partial charge in [-0.05, 0) is 55.3 Å². The van der Waals surface area contributed by atoms with Crippen molar-refractivity contribution in [2.24, 2.45) is 0 Å². The number of anilines is 1. The summed E-state index contributed by atoms with van der Waals surface area (Å²) in [5.74, 6) is 1.49. The molecule has 0 bridgehead atoms. The molecule has 0 radical (unpaired) electrons. The van der Waals surface area contributed by atoms with E-state index in [1.54, 1.807) is 7.11 Å². The van der Waals surface area contributed by atoms with Crippen molar-refractivity contribution in [2.45, 2.75) is 13.8 Å². The highest BCUT2D eigenvalue weighted by atomic mass is 35.5. The average molecular weight is 340 g/mol. The van der Waals surface area contributed by atoms with Gasteiger partial charge >= 0.3 is 0 Å². The molecule has 3 nitrogen and oxygen atoms in total. The first kappa shape index (κ1) is 16.8. The quantitative estimate of drug-likeness (QED) is 0.741. The van der Waals surface area contributed by atoms with Crippen molar-refractivity contribution >= 4 is 28.9 Å². The lowest BCUT2D eigenvalue weighted by molar-refractivity contribution is 0.332. The smallest absolute Gasteiger partial charge is 0.137 e. The van der Waals surface area contributed by atoms with Crippen LogP contribution in [0.1, 0.15) is 11.1 Å². The average Bonchev–Trinajstić information content (AvgIpc) is 2.49. The van der Waals surface area contributed by atoms with Crippen molar-refractivity contribution in [1.29, 1.82) is 0 Å². The van der Waals surface area contributed by atoms with Crippen molar-refractivity contribution in [3.05, 3.63) is 51.5 Å². The highest BCUT2D eigenvalue weighted by Crippen LogP contribution is 2.27. The van der Waals surface area contributed by atoms with E-state index in [9.17, 15) is 0 Å². The second-order valence-corrected chi connectivity index (χ2v) is 5.78. The molecule has 0 aliphatic rings. The molecule has 0 aromatic heterocycles. The molecular formula is C17H19Cl2NO2. The van der Waals surface area contributed by atoms with E-state index in [0.717, 1.165) is 27.6 Å². The monoisotopic (exact) mass is 339 g/mol. The number of halogens is 2. The minimum absolute atomic E-state index is 0.546. The Bertz CT molecular complexity index is 636. The van der Waals surface area contributed by atoms with Gasteiger partial charge in [0.2, 0.25) is 0 Å². The molecule has 0 saturated carbocycles. The molecule has 0 unspecified atom stereocenters. The molecule has 22 heavy (non-hydrogen) atoms. The Labute approximate surface area is 141 Å². The van der Waals surface area contributed by atoms with Gasteiger partial charge in [0.25, 0.3) is 0 Å². The molecule has 2 rings (SSSR count). The van der Waals surface area contributed by atoms with Gasteiger partial charge in [-0.15, -0.1) is 0 Å². The second-order valence-electron chi connectivity index (χ2n) is 5.00. The molecule has 0 aliphatic carbocycles. The SMILES string of the molecule is COc1ccc(NCCOc2cc(C)c(Cl)c(C)c2)cc1Cl. The molecule has 0 heterocycles. The Balaban J connectivity index is 1.86. The van der Waals surface area contributed by atoms with Crippen LogP contribution in [0.4, 0.5) is 5.69 Å². The molecule has 0 fully saturated rings. The van der Waals surface area contributed by atoms with Gasteiger partial charge in [0.05, 0.1) is 12.1 Å². The predicted molar refractivity (Wildman–Crippen MR) is 92.9 cm³/mol. The summed E-state index contributed by atoms with van der Waals surface area (Å²) in [5, 5.41) is 4.63. The zero-order valence-corrected chi connectivity index (χ0v) is 14.4. The van der Waals surface area contributed by atoms with E-state index in [1.165, 1.54) is 0 Å². The maximum atomic E-state index is 6.14. The van der Waals surface area contributed by atoms with Gasteiger partial charge in [0, 0.05) is 17.3 Å². The lowest BCUT2D eigenvalue weighted by Gasteiger charge is -2.12. The van der Waals surface area contributed by atoms with Gasteiger partial charge in [-0.25, -0.2) is 0 Å². The van der Waals surface area contributed by atoms with Crippen LogP contribution in [-0.4, -0.2) is 20.3 Å². The fourth-order valence-corrected chi connectivity index (χ4v) is 2.50. The number of rotatable bonds is 6. The molecule has 0 atom stereocenters. The van der Waals surface area contributed by atoms with E-state index in [2.05, 4.69) is 5.32 Å². The highest BCUT2D eigenvalue weighted by molar-refractivity contribution is 6.32. The number of benzene rings is 2. The van der Waals surface area contributed by atoms with Gasteiger partial charge in [0.15, 0.2) is 0 Å². The van der Waals surface area contributed by atoms with E-state index < -0.39 is 0 Å². The first-order chi connectivity index (χ1) is 10.5. The summed E-state index contributed by atoms with van der Waals surface area (Å²) in [6, 6.07) is 9.47. The van der Waals surface area contributed by atoms with Crippen LogP contribution in [0.15, 0.2) is 30.3 Å². The zero-order chi connectivity index (χ0) is 16.1. The summed E-state index contributed by atoms with van der Waals surface area (Å²) < 4.78 is 10.9. The lowest BCUT2D eigenvalue weighted by Crippen LogP contribution is -2.11. The normalized spacial score (nSPS) is 10.4. The first-order valence-electron chi connectivity index (χ1n) is 6.98. The first-order valence-corrected chi connectivity index (χ1v) is 7.74. The summed E-state index contributed by atoms with van der Waals surface area (Å²) >= 11 is 12.2. The van der Waals surface area contributed by atoms with Crippen molar-refractivity contribution in [1.82, 2.24) is 0 Å². The summed E-state index contributed by atoms with van der Waals surface area (Å²) in [6.45, 7) is 5.16. The fraction of sp³-hybridized carbons (Fsp3) is 0.294. The van der Waals surface area contributed by atoms with Crippen molar-refractivity contribution in [3.63, 3.8) is 0 Å². The summed E-state index contributed by atoms with van der Waals surface area (Å²) in [5.41, 5.74) is 2.97. The topological polar surface area (TPSA) is 30.5 Å².